The molecule has 1 aliphatic rings. The predicted molar refractivity (Wildman–Crippen MR) is 76.4 cm³/mol. The molecule has 0 aromatic heterocycles. The summed E-state index contributed by atoms with van der Waals surface area (Å²) in [7, 11) is -3.81. The number of hydrogen-bond donors (Lipinski definition) is 1. The molecule has 3 rings (SSSR count). The molecule has 1 N–H and O–H groups in total. The van der Waals surface area contributed by atoms with Crippen LogP contribution in [0.1, 0.15) is 5.56 Å². The topological polar surface area (TPSA) is 49.4 Å². The third kappa shape index (κ3) is 2.22. The Morgan fingerprint density at radius 1 is 1.05 bits per heavy atom. The van der Waals surface area contributed by atoms with Crippen LogP contribution in [0.4, 0.5) is 15.8 Å². The van der Waals surface area contributed by atoms with E-state index in [2.05, 4.69) is 4.72 Å². The molecule has 4 nitrogen and oxygen atoms in total. The summed E-state index contributed by atoms with van der Waals surface area (Å²) in [6.45, 7) is 0.364. The number of nitrogens with one attached hydrogen (secondary N) is 1. The highest BCUT2D eigenvalue weighted by Crippen LogP contribution is 2.30. The van der Waals surface area contributed by atoms with Crippen LogP contribution in [0.15, 0.2) is 48.5 Å². The van der Waals surface area contributed by atoms with E-state index in [0.29, 0.717) is 18.7 Å². The van der Waals surface area contributed by atoms with Crippen molar-refractivity contribution in [3.63, 3.8) is 0 Å². The molecular formula is C14H13FN2O2S. The molecule has 1 aliphatic heterocycles. The number of rotatable bonds is 3. The van der Waals surface area contributed by atoms with Crippen LogP contribution in [-0.4, -0.2) is 15.0 Å². The molecule has 0 fully saturated rings. The molecule has 0 unspecified atom stereocenters. The summed E-state index contributed by atoms with van der Waals surface area (Å²) >= 11 is 0. The third-order valence-electron chi connectivity index (χ3n) is 3.25. The summed E-state index contributed by atoms with van der Waals surface area (Å²) in [6.07, 6.45) is 0.661. The maximum atomic E-state index is 13.6. The maximum Gasteiger partial charge on any atom is 0.324 e. The second kappa shape index (κ2) is 4.79. The minimum absolute atomic E-state index is 0.0446. The van der Waals surface area contributed by atoms with E-state index in [1.165, 1.54) is 22.5 Å². The van der Waals surface area contributed by atoms with Crippen molar-refractivity contribution in [3.05, 3.63) is 59.9 Å². The summed E-state index contributed by atoms with van der Waals surface area (Å²) in [4.78, 5) is 0. The van der Waals surface area contributed by atoms with E-state index < -0.39 is 16.0 Å². The van der Waals surface area contributed by atoms with E-state index >= 15 is 0 Å². The summed E-state index contributed by atoms with van der Waals surface area (Å²) < 4.78 is 41.9. The minimum atomic E-state index is -3.81. The molecule has 6 heteroatoms. The average Bonchev–Trinajstić information content (AvgIpc) is 2.86. The highest BCUT2D eigenvalue weighted by Gasteiger charge is 2.29. The number of fused-ring (bicyclic) bond motifs is 1. The number of anilines is 2. The molecule has 0 radical (unpaired) electrons. The molecule has 0 saturated heterocycles. The number of benzene rings is 2. The van der Waals surface area contributed by atoms with E-state index in [1.54, 1.807) is 18.2 Å². The van der Waals surface area contributed by atoms with Crippen LogP contribution in [0.25, 0.3) is 0 Å². The Hall–Kier alpha value is -2.08. The summed E-state index contributed by atoms with van der Waals surface area (Å²) in [5, 5.41) is 0. The van der Waals surface area contributed by atoms with Gasteiger partial charge in [-0.1, -0.05) is 30.3 Å². The largest absolute Gasteiger partial charge is 0.324 e. The molecule has 2 aromatic carbocycles. The van der Waals surface area contributed by atoms with Crippen molar-refractivity contribution >= 4 is 21.6 Å². The standard InChI is InChI=1S/C14H13FN2O2S/c15-12-6-2-3-7-13(12)16-20(18,19)17-10-9-11-5-1-4-8-14(11)17/h1-8,16H,9-10H2. The minimum Gasteiger partial charge on any atom is -0.264 e. The molecule has 0 saturated carbocycles. The van der Waals surface area contributed by atoms with E-state index in [4.69, 9.17) is 0 Å². The van der Waals surface area contributed by atoms with Gasteiger partial charge in [0.25, 0.3) is 0 Å². The van der Waals surface area contributed by atoms with Gasteiger partial charge >= 0.3 is 10.2 Å². The van der Waals surface area contributed by atoms with Gasteiger partial charge in [-0.25, -0.2) is 4.39 Å². The van der Waals surface area contributed by atoms with Crippen LogP contribution in [-0.2, 0) is 16.6 Å². The first kappa shape index (κ1) is 12.9. The van der Waals surface area contributed by atoms with Gasteiger partial charge in [-0.05, 0) is 30.2 Å². The van der Waals surface area contributed by atoms with Crippen molar-refractivity contribution in [2.75, 3.05) is 15.6 Å². The summed E-state index contributed by atoms with van der Waals surface area (Å²) in [6, 6.07) is 13.0. The zero-order valence-electron chi connectivity index (χ0n) is 10.6. The Kier molecular flexibility index (Phi) is 3.10. The fraction of sp³-hybridized carbons (Fsp3) is 0.143. The Balaban J connectivity index is 1.93. The Morgan fingerprint density at radius 2 is 1.75 bits per heavy atom. The van der Waals surface area contributed by atoms with Crippen LogP contribution in [0, 0.1) is 5.82 Å². The molecule has 0 atom stereocenters. The van der Waals surface area contributed by atoms with E-state index in [1.807, 2.05) is 12.1 Å². The maximum absolute atomic E-state index is 13.6. The van der Waals surface area contributed by atoms with Gasteiger partial charge in [0.1, 0.15) is 5.82 Å². The van der Waals surface area contributed by atoms with Crippen LogP contribution < -0.4 is 9.03 Å². The van der Waals surface area contributed by atoms with Crippen molar-refractivity contribution in [1.29, 1.82) is 0 Å². The lowest BCUT2D eigenvalue weighted by atomic mass is 10.2. The third-order valence-corrected chi connectivity index (χ3v) is 4.68. The zero-order chi connectivity index (χ0) is 14.2. The normalized spacial score (nSPS) is 14.2. The summed E-state index contributed by atoms with van der Waals surface area (Å²) in [5.74, 6) is -0.594. The molecule has 104 valence electrons. The molecule has 1 heterocycles. The van der Waals surface area contributed by atoms with Gasteiger partial charge in [-0.2, -0.15) is 8.42 Å². The first-order valence-corrected chi connectivity index (χ1v) is 7.65. The first-order chi connectivity index (χ1) is 9.58. The number of para-hydroxylation sites is 2. The van der Waals surface area contributed by atoms with Gasteiger partial charge in [0.2, 0.25) is 0 Å². The van der Waals surface area contributed by atoms with Crippen molar-refractivity contribution < 1.29 is 12.8 Å². The van der Waals surface area contributed by atoms with Gasteiger partial charge in [0, 0.05) is 6.54 Å². The SMILES string of the molecule is O=S(=O)(Nc1ccccc1F)N1CCc2ccccc21. The van der Waals surface area contributed by atoms with Gasteiger partial charge in [-0.3, -0.25) is 9.03 Å². The van der Waals surface area contributed by atoms with Crippen molar-refractivity contribution in [2.45, 2.75) is 6.42 Å². The first-order valence-electron chi connectivity index (χ1n) is 6.21. The Labute approximate surface area is 117 Å². The lowest BCUT2D eigenvalue weighted by molar-refractivity contribution is 0.595. The second-order valence-corrected chi connectivity index (χ2v) is 6.13. The monoisotopic (exact) mass is 292 g/mol. The van der Waals surface area contributed by atoms with E-state index in [9.17, 15) is 12.8 Å². The van der Waals surface area contributed by atoms with E-state index in [-0.39, 0.29) is 5.69 Å². The van der Waals surface area contributed by atoms with Gasteiger partial charge < -0.3 is 0 Å². The van der Waals surface area contributed by atoms with Crippen LogP contribution in [0.5, 0.6) is 0 Å². The van der Waals surface area contributed by atoms with Crippen LogP contribution in [0.2, 0.25) is 0 Å². The highest BCUT2D eigenvalue weighted by atomic mass is 32.2. The molecule has 2 aromatic rings. The van der Waals surface area contributed by atoms with Crippen molar-refractivity contribution in [3.8, 4) is 0 Å². The van der Waals surface area contributed by atoms with Gasteiger partial charge in [0.05, 0.1) is 11.4 Å². The van der Waals surface area contributed by atoms with Gasteiger partial charge in [0.15, 0.2) is 0 Å². The number of nitrogens with zero attached hydrogens (tertiary/aromatic N) is 1. The smallest absolute Gasteiger partial charge is 0.264 e. The zero-order valence-corrected chi connectivity index (χ0v) is 11.4. The van der Waals surface area contributed by atoms with Crippen molar-refractivity contribution in [2.24, 2.45) is 0 Å². The quantitative estimate of drug-likeness (QED) is 0.945. The number of hydrogen-bond acceptors (Lipinski definition) is 2. The Bertz CT molecular complexity index is 746. The van der Waals surface area contributed by atoms with Crippen molar-refractivity contribution in [1.82, 2.24) is 0 Å². The van der Waals surface area contributed by atoms with Gasteiger partial charge in [-0.15, -0.1) is 0 Å². The average molecular weight is 292 g/mol. The molecule has 0 amide bonds. The second-order valence-electron chi connectivity index (χ2n) is 4.54. The molecule has 20 heavy (non-hydrogen) atoms. The molecule has 0 aliphatic carbocycles. The lowest BCUT2D eigenvalue weighted by Crippen LogP contribution is -2.34. The Morgan fingerprint density at radius 3 is 2.55 bits per heavy atom. The molecule has 0 bridgehead atoms. The van der Waals surface area contributed by atoms with Crippen LogP contribution >= 0.6 is 0 Å². The fourth-order valence-electron chi connectivity index (χ4n) is 2.30. The molecular weight excluding hydrogens is 279 g/mol. The number of halogens is 1. The lowest BCUT2D eigenvalue weighted by Gasteiger charge is -2.20. The van der Waals surface area contributed by atoms with E-state index in [0.717, 1.165) is 5.56 Å². The summed E-state index contributed by atoms with van der Waals surface area (Å²) in [5.41, 5.74) is 1.58. The highest BCUT2D eigenvalue weighted by molar-refractivity contribution is 7.94. The van der Waals surface area contributed by atoms with Crippen LogP contribution in [0.3, 0.4) is 0 Å². The predicted octanol–water partition coefficient (Wildman–Crippen LogP) is 2.55. The molecule has 0 spiro atoms. The fourth-order valence-corrected chi connectivity index (χ4v) is 3.62.